The van der Waals surface area contributed by atoms with E-state index in [2.05, 4.69) is 50.5 Å². The zero-order valence-electron chi connectivity index (χ0n) is 11.7. The van der Waals surface area contributed by atoms with Gasteiger partial charge in [0.25, 0.3) is 0 Å². The van der Waals surface area contributed by atoms with Gasteiger partial charge >= 0.3 is 0 Å². The van der Waals surface area contributed by atoms with Crippen LogP contribution in [0.4, 0.5) is 0 Å². The van der Waals surface area contributed by atoms with Gasteiger partial charge < -0.3 is 4.74 Å². The van der Waals surface area contributed by atoms with Crippen LogP contribution >= 0.6 is 15.9 Å². The van der Waals surface area contributed by atoms with E-state index in [9.17, 15) is 0 Å². The van der Waals surface area contributed by atoms with Gasteiger partial charge in [-0.1, -0.05) is 22.9 Å². The standard InChI is InChI=1S/C13H24BrN3O/c1-4-12-10-13(17(5-2)15-12)11-16(7-6-14)8-9-18-3/h10H,4-9,11H2,1-3H3. The van der Waals surface area contributed by atoms with Gasteiger partial charge in [-0.25, -0.2) is 0 Å². The number of hydrogen-bond acceptors (Lipinski definition) is 3. The fraction of sp³-hybridized carbons (Fsp3) is 0.769. The summed E-state index contributed by atoms with van der Waals surface area (Å²) in [5, 5.41) is 5.57. The van der Waals surface area contributed by atoms with Crippen molar-refractivity contribution in [3.05, 3.63) is 17.5 Å². The molecule has 0 unspecified atom stereocenters. The van der Waals surface area contributed by atoms with E-state index in [1.165, 1.54) is 11.4 Å². The van der Waals surface area contributed by atoms with Gasteiger partial charge in [0, 0.05) is 38.6 Å². The normalized spacial score (nSPS) is 11.4. The summed E-state index contributed by atoms with van der Waals surface area (Å²) in [5.74, 6) is 0. The highest BCUT2D eigenvalue weighted by Crippen LogP contribution is 2.09. The smallest absolute Gasteiger partial charge is 0.0625 e. The van der Waals surface area contributed by atoms with E-state index in [4.69, 9.17) is 4.74 Å². The number of ether oxygens (including phenoxy) is 1. The minimum absolute atomic E-state index is 0.772. The van der Waals surface area contributed by atoms with Gasteiger partial charge in [-0.2, -0.15) is 5.10 Å². The number of hydrogen-bond donors (Lipinski definition) is 0. The first-order valence-electron chi connectivity index (χ1n) is 6.57. The van der Waals surface area contributed by atoms with Crippen LogP contribution in [0.5, 0.6) is 0 Å². The van der Waals surface area contributed by atoms with Crippen LogP contribution in [-0.4, -0.2) is 46.8 Å². The predicted octanol–water partition coefficient (Wildman–Crippen LogP) is 2.31. The fourth-order valence-corrected chi connectivity index (χ4v) is 2.43. The van der Waals surface area contributed by atoms with Gasteiger partial charge in [0.2, 0.25) is 0 Å². The van der Waals surface area contributed by atoms with E-state index in [1.807, 2.05) is 0 Å². The molecule has 0 amide bonds. The fourth-order valence-electron chi connectivity index (χ4n) is 1.93. The number of methoxy groups -OCH3 is 1. The maximum Gasteiger partial charge on any atom is 0.0625 e. The lowest BCUT2D eigenvalue weighted by Gasteiger charge is -2.21. The number of aromatic nitrogens is 2. The molecule has 0 aliphatic rings. The highest BCUT2D eigenvalue weighted by molar-refractivity contribution is 9.09. The van der Waals surface area contributed by atoms with E-state index >= 15 is 0 Å². The molecule has 0 fully saturated rings. The summed E-state index contributed by atoms with van der Waals surface area (Å²) in [5.41, 5.74) is 2.48. The molecule has 0 saturated carbocycles. The van der Waals surface area contributed by atoms with Crippen LogP contribution in [0.3, 0.4) is 0 Å². The average molecular weight is 318 g/mol. The zero-order chi connectivity index (χ0) is 13.4. The minimum atomic E-state index is 0.772. The number of rotatable bonds is 9. The third-order valence-corrected chi connectivity index (χ3v) is 3.33. The van der Waals surface area contributed by atoms with Gasteiger partial charge in [-0.05, 0) is 19.4 Å². The largest absolute Gasteiger partial charge is 0.383 e. The molecule has 1 rings (SSSR count). The highest BCUT2D eigenvalue weighted by Gasteiger charge is 2.10. The maximum absolute atomic E-state index is 5.16. The Morgan fingerprint density at radius 2 is 2.17 bits per heavy atom. The zero-order valence-corrected chi connectivity index (χ0v) is 13.2. The summed E-state index contributed by atoms with van der Waals surface area (Å²) in [4.78, 5) is 2.39. The third kappa shape index (κ3) is 4.71. The lowest BCUT2D eigenvalue weighted by molar-refractivity contribution is 0.146. The molecule has 104 valence electrons. The van der Waals surface area contributed by atoms with E-state index in [-0.39, 0.29) is 0 Å². The van der Waals surface area contributed by atoms with Crippen LogP contribution in [0.15, 0.2) is 6.07 Å². The molecular weight excluding hydrogens is 294 g/mol. The van der Waals surface area contributed by atoms with E-state index < -0.39 is 0 Å². The Kier molecular flexibility index (Phi) is 7.54. The predicted molar refractivity (Wildman–Crippen MR) is 78.2 cm³/mol. The van der Waals surface area contributed by atoms with Crippen molar-refractivity contribution < 1.29 is 4.74 Å². The monoisotopic (exact) mass is 317 g/mol. The SMILES string of the molecule is CCc1cc(CN(CCBr)CCOC)n(CC)n1. The molecule has 1 aromatic heterocycles. The lowest BCUT2D eigenvalue weighted by atomic mass is 10.3. The molecule has 1 heterocycles. The summed E-state index contributed by atoms with van der Waals surface area (Å²) in [7, 11) is 1.75. The second-order valence-electron chi connectivity index (χ2n) is 4.25. The molecule has 0 bridgehead atoms. The quantitative estimate of drug-likeness (QED) is 0.655. The molecule has 0 radical (unpaired) electrons. The van der Waals surface area contributed by atoms with E-state index in [0.717, 1.165) is 44.5 Å². The Hall–Kier alpha value is -0.390. The first-order valence-corrected chi connectivity index (χ1v) is 7.70. The lowest BCUT2D eigenvalue weighted by Crippen LogP contribution is -2.29. The van der Waals surface area contributed by atoms with Crippen LogP contribution in [0, 0.1) is 0 Å². The topological polar surface area (TPSA) is 30.3 Å². The van der Waals surface area contributed by atoms with Crippen LogP contribution in [0.25, 0.3) is 0 Å². The summed E-state index contributed by atoms with van der Waals surface area (Å²) >= 11 is 3.50. The molecule has 0 aliphatic carbocycles. The van der Waals surface area contributed by atoms with Crippen LogP contribution in [-0.2, 0) is 24.2 Å². The van der Waals surface area contributed by atoms with Crippen LogP contribution in [0.1, 0.15) is 25.2 Å². The molecule has 5 heteroatoms. The van der Waals surface area contributed by atoms with Crippen molar-refractivity contribution in [1.82, 2.24) is 14.7 Å². The summed E-state index contributed by atoms with van der Waals surface area (Å²) in [6.07, 6.45) is 0.997. The molecule has 0 N–H and O–H groups in total. The number of nitrogens with zero attached hydrogens (tertiary/aromatic N) is 3. The van der Waals surface area contributed by atoms with Gasteiger partial charge in [0.1, 0.15) is 0 Å². The summed E-state index contributed by atoms with van der Waals surface area (Å²) in [6.45, 7) is 8.91. The molecule has 18 heavy (non-hydrogen) atoms. The third-order valence-electron chi connectivity index (χ3n) is 2.97. The van der Waals surface area contributed by atoms with Crippen molar-refractivity contribution in [1.29, 1.82) is 0 Å². The maximum atomic E-state index is 5.16. The van der Waals surface area contributed by atoms with Crippen molar-refractivity contribution in [2.75, 3.05) is 32.1 Å². The van der Waals surface area contributed by atoms with Crippen molar-refractivity contribution in [3.8, 4) is 0 Å². The summed E-state index contributed by atoms with van der Waals surface area (Å²) < 4.78 is 7.26. The molecule has 0 saturated heterocycles. The molecule has 0 aliphatic heterocycles. The Bertz CT molecular complexity index is 341. The molecule has 0 aromatic carbocycles. The Labute approximate surface area is 118 Å². The molecule has 1 aromatic rings. The second-order valence-corrected chi connectivity index (χ2v) is 5.05. The Balaban J connectivity index is 2.68. The first-order chi connectivity index (χ1) is 8.74. The van der Waals surface area contributed by atoms with Crippen molar-refractivity contribution >= 4 is 15.9 Å². The van der Waals surface area contributed by atoms with Crippen molar-refractivity contribution in [3.63, 3.8) is 0 Å². The highest BCUT2D eigenvalue weighted by atomic mass is 79.9. The second kappa shape index (κ2) is 8.67. The van der Waals surface area contributed by atoms with Gasteiger partial charge in [-0.3, -0.25) is 9.58 Å². The number of halogens is 1. The Morgan fingerprint density at radius 3 is 2.72 bits per heavy atom. The van der Waals surface area contributed by atoms with Crippen molar-refractivity contribution in [2.24, 2.45) is 0 Å². The van der Waals surface area contributed by atoms with Crippen LogP contribution in [0.2, 0.25) is 0 Å². The summed E-state index contributed by atoms with van der Waals surface area (Å²) in [6, 6.07) is 2.22. The number of alkyl halides is 1. The molecule has 0 spiro atoms. The Morgan fingerprint density at radius 1 is 1.39 bits per heavy atom. The average Bonchev–Trinajstić information content (AvgIpc) is 2.78. The van der Waals surface area contributed by atoms with E-state index in [0.29, 0.717) is 0 Å². The number of aryl methyl sites for hydroxylation is 2. The molecule has 0 atom stereocenters. The first kappa shape index (κ1) is 15.7. The van der Waals surface area contributed by atoms with Gasteiger partial charge in [-0.15, -0.1) is 0 Å². The molecular formula is C13H24BrN3O. The minimum Gasteiger partial charge on any atom is -0.383 e. The van der Waals surface area contributed by atoms with Gasteiger partial charge in [0.05, 0.1) is 18.0 Å². The van der Waals surface area contributed by atoms with Crippen molar-refractivity contribution in [2.45, 2.75) is 33.4 Å². The van der Waals surface area contributed by atoms with Gasteiger partial charge in [0.15, 0.2) is 0 Å². The molecule has 4 nitrogen and oxygen atoms in total. The van der Waals surface area contributed by atoms with E-state index in [1.54, 1.807) is 7.11 Å². The van der Waals surface area contributed by atoms with Crippen LogP contribution < -0.4 is 0 Å².